The maximum atomic E-state index is 8.33. The Balaban J connectivity index is 1.85. The molecule has 1 aliphatic rings. The lowest BCUT2D eigenvalue weighted by atomic mass is 10.2. The summed E-state index contributed by atoms with van der Waals surface area (Å²) < 4.78 is 11.0. The number of hydrogen-bond acceptors (Lipinski definition) is 3. The lowest BCUT2D eigenvalue weighted by Gasteiger charge is -2.22. The first-order chi connectivity index (χ1) is 6.93. The standard InChI is InChI=1S/C11H19NO2/c12-8-4-1-2-5-9-13-11-7-3-6-10-14-11/h11H,1-7,9-10H2. The van der Waals surface area contributed by atoms with E-state index in [1.807, 2.05) is 0 Å². The average Bonchev–Trinajstić information content (AvgIpc) is 2.25. The predicted octanol–water partition coefficient (Wildman–Crippen LogP) is 2.61. The van der Waals surface area contributed by atoms with E-state index in [4.69, 9.17) is 14.7 Å². The molecule has 1 fully saturated rings. The summed E-state index contributed by atoms with van der Waals surface area (Å²) in [6.45, 7) is 1.62. The molecule has 1 unspecified atom stereocenters. The van der Waals surface area contributed by atoms with E-state index in [2.05, 4.69) is 6.07 Å². The molecule has 0 spiro atoms. The Bertz CT molecular complexity index is 171. The van der Waals surface area contributed by atoms with Gasteiger partial charge in [-0.3, -0.25) is 0 Å². The lowest BCUT2D eigenvalue weighted by molar-refractivity contribution is -0.162. The molecule has 0 aromatic carbocycles. The Morgan fingerprint density at radius 2 is 2.21 bits per heavy atom. The molecule has 80 valence electrons. The van der Waals surface area contributed by atoms with Gasteiger partial charge in [0.2, 0.25) is 0 Å². The second kappa shape index (κ2) is 7.78. The van der Waals surface area contributed by atoms with Crippen LogP contribution in [0.5, 0.6) is 0 Å². The summed E-state index contributed by atoms with van der Waals surface area (Å²) in [5.74, 6) is 0. The highest BCUT2D eigenvalue weighted by Crippen LogP contribution is 2.14. The van der Waals surface area contributed by atoms with Crippen LogP contribution in [0.3, 0.4) is 0 Å². The number of ether oxygens (including phenoxy) is 2. The van der Waals surface area contributed by atoms with Gasteiger partial charge in [0.1, 0.15) is 0 Å². The van der Waals surface area contributed by atoms with E-state index in [0.717, 1.165) is 38.9 Å². The van der Waals surface area contributed by atoms with Crippen molar-refractivity contribution in [3.05, 3.63) is 0 Å². The second-order valence-electron chi connectivity index (χ2n) is 3.64. The van der Waals surface area contributed by atoms with E-state index in [9.17, 15) is 0 Å². The fourth-order valence-electron chi connectivity index (χ4n) is 1.54. The molecule has 3 nitrogen and oxygen atoms in total. The molecule has 0 N–H and O–H groups in total. The zero-order chi connectivity index (χ0) is 10.1. The summed E-state index contributed by atoms with van der Waals surface area (Å²) in [4.78, 5) is 0. The summed E-state index contributed by atoms with van der Waals surface area (Å²) in [5.41, 5.74) is 0. The first kappa shape index (κ1) is 11.5. The van der Waals surface area contributed by atoms with Crippen LogP contribution in [0.2, 0.25) is 0 Å². The third-order valence-corrected chi connectivity index (χ3v) is 2.37. The van der Waals surface area contributed by atoms with Gasteiger partial charge in [-0.1, -0.05) is 6.42 Å². The molecule has 0 saturated carbocycles. The van der Waals surface area contributed by atoms with Crippen LogP contribution in [0.1, 0.15) is 44.9 Å². The highest BCUT2D eigenvalue weighted by atomic mass is 16.7. The van der Waals surface area contributed by atoms with Crippen molar-refractivity contribution in [1.82, 2.24) is 0 Å². The molecule has 0 amide bonds. The molecule has 1 rings (SSSR count). The van der Waals surface area contributed by atoms with Crippen molar-refractivity contribution < 1.29 is 9.47 Å². The molecule has 1 saturated heterocycles. The van der Waals surface area contributed by atoms with Crippen molar-refractivity contribution in [2.45, 2.75) is 51.2 Å². The van der Waals surface area contributed by atoms with Gasteiger partial charge in [-0.15, -0.1) is 0 Å². The van der Waals surface area contributed by atoms with Crippen LogP contribution in [0.25, 0.3) is 0 Å². The second-order valence-corrected chi connectivity index (χ2v) is 3.64. The van der Waals surface area contributed by atoms with Gasteiger partial charge in [0.15, 0.2) is 6.29 Å². The molecule has 0 aromatic heterocycles. The van der Waals surface area contributed by atoms with Crippen molar-refractivity contribution >= 4 is 0 Å². The summed E-state index contributed by atoms with van der Waals surface area (Å²) in [5, 5.41) is 8.33. The minimum absolute atomic E-state index is 0.0414. The predicted molar refractivity (Wildman–Crippen MR) is 53.6 cm³/mol. The van der Waals surface area contributed by atoms with Gasteiger partial charge in [-0.25, -0.2) is 0 Å². The van der Waals surface area contributed by atoms with Crippen LogP contribution in [-0.2, 0) is 9.47 Å². The van der Waals surface area contributed by atoms with E-state index in [1.54, 1.807) is 0 Å². The fourth-order valence-corrected chi connectivity index (χ4v) is 1.54. The third-order valence-electron chi connectivity index (χ3n) is 2.37. The van der Waals surface area contributed by atoms with Crippen molar-refractivity contribution in [1.29, 1.82) is 5.26 Å². The summed E-state index contributed by atoms with van der Waals surface area (Å²) in [6, 6.07) is 2.14. The quantitative estimate of drug-likeness (QED) is 0.615. The Morgan fingerprint density at radius 3 is 2.93 bits per heavy atom. The maximum Gasteiger partial charge on any atom is 0.157 e. The normalized spacial score (nSPS) is 21.8. The van der Waals surface area contributed by atoms with Gasteiger partial charge in [-0.2, -0.15) is 5.26 Å². The van der Waals surface area contributed by atoms with E-state index in [1.165, 1.54) is 12.8 Å². The van der Waals surface area contributed by atoms with Gasteiger partial charge in [0.25, 0.3) is 0 Å². The lowest BCUT2D eigenvalue weighted by Crippen LogP contribution is -2.22. The zero-order valence-corrected chi connectivity index (χ0v) is 8.71. The van der Waals surface area contributed by atoms with Gasteiger partial charge >= 0.3 is 0 Å². The molecule has 1 heterocycles. The SMILES string of the molecule is N#CCCCCCOC1CCCCO1. The van der Waals surface area contributed by atoms with E-state index < -0.39 is 0 Å². The Labute approximate surface area is 86.0 Å². The Kier molecular flexibility index (Phi) is 6.38. The molecule has 3 heteroatoms. The van der Waals surface area contributed by atoms with Crippen molar-refractivity contribution in [3.63, 3.8) is 0 Å². The monoisotopic (exact) mass is 197 g/mol. The van der Waals surface area contributed by atoms with E-state index in [-0.39, 0.29) is 6.29 Å². The maximum absolute atomic E-state index is 8.33. The van der Waals surface area contributed by atoms with Crippen LogP contribution in [0.4, 0.5) is 0 Å². The van der Waals surface area contributed by atoms with E-state index in [0.29, 0.717) is 6.42 Å². The number of hydrogen-bond donors (Lipinski definition) is 0. The molecule has 0 radical (unpaired) electrons. The first-order valence-corrected chi connectivity index (χ1v) is 5.53. The van der Waals surface area contributed by atoms with Crippen LogP contribution in [0.15, 0.2) is 0 Å². The number of unbranched alkanes of at least 4 members (excludes halogenated alkanes) is 3. The molecular weight excluding hydrogens is 178 g/mol. The summed E-state index contributed by atoms with van der Waals surface area (Å²) in [7, 11) is 0. The minimum Gasteiger partial charge on any atom is -0.353 e. The highest BCUT2D eigenvalue weighted by molar-refractivity contribution is 4.67. The Hall–Kier alpha value is -0.590. The molecule has 0 aliphatic carbocycles. The molecule has 0 aromatic rings. The van der Waals surface area contributed by atoms with Gasteiger partial charge in [0.05, 0.1) is 6.07 Å². The topological polar surface area (TPSA) is 42.2 Å². The molecule has 1 aliphatic heterocycles. The zero-order valence-electron chi connectivity index (χ0n) is 8.71. The van der Waals surface area contributed by atoms with Crippen molar-refractivity contribution in [2.24, 2.45) is 0 Å². The van der Waals surface area contributed by atoms with Crippen LogP contribution < -0.4 is 0 Å². The van der Waals surface area contributed by atoms with Gasteiger partial charge in [-0.05, 0) is 32.1 Å². The molecule has 1 atom stereocenters. The van der Waals surface area contributed by atoms with E-state index >= 15 is 0 Å². The minimum atomic E-state index is 0.0414. The van der Waals surface area contributed by atoms with Crippen molar-refractivity contribution in [2.75, 3.05) is 13.2 Å². The number of nitriles is 1. The van der Waals surface area contributed by atoms with Crippen molar-refractivity contribution in [3.8, 4) is 6.07 Å². The van der Waals surface area contributed by atoms with Crippen LogP contribution in [0, 0.1) is 11.3 Å². The third kappa shape index (κ3) is 5.21. The smallest absolute Gasteiger partial charge is 0.157 e. The Morgan fingerprint density at radius 1 is 1.29 bits per heavy atom. The first-order valence-electron chi connectivity index (χ1n) is 5.53. The molecule has 14 heavy (non-hydrogen) atoms. The summed E-state index contributed by atoms with van der Waals surface area (Å²) >= 11 is 0. The highest BCUT2D eigenvalue weighted by Gasteiger charge is 2.12. The van der Waals surface area contributed by atoms with Crippen LogP contribution >= 0.6 is 0 Å². The van der Waals surface area contributed by atoms with Crippen LogP contribution in [-0.4, -0.2) is 19.5 Å². The van der Waals surface area contributed by atoms with Gasteiger partial charge < -0.3 is 9.47 Å². The molecular formula is C11H19NO2. The average molecular weight is 197 g/mol. The molecule has 0 bridgehead atoms. The summed E-state index contributed by atoms with van der Waals surface area (Å²) in [6.07, 6.45) is 7.26. The number of nitrogens with zero attached hydrogens (tertiary/aromatic N) is 1. The number of rotatable bonds is 6. The largest absolute Gasteiger partial charge is 0.353 e. The fraction of sp³-hybridized carbons (Fsp3) is 0.909. The van der Waals surface area contributed by atoms with Gasteiger partial charge in [0, 0.05) is 19.6 Å².